The average molecular weight is 257 g/mol. The van der Waals surface area contributed by atoms with Gasteiger partial charge in [0.2, 0.25) is 0 Å². The molecule has 0 fully saturated rings. The van der Waals surface area contributed by atoms with Crippen molar-refractivity contribution in [1.82, 2.24) is 9.78 Å². The minimum absolute atomic E-state index is 0.466. The summed E-state index contributed by atoms with van der Waals surface area (Å²) in [6, 6.07) is 8.10. The third-order valence-corrected chi connectivity index (χ3v) is 3.73. The Balaban J connectivity index is 2.20. The van der Waals surface area contributed by atoms with Crippen molar-refractivity contribution in [3.8, 4) is 16.9 Å². The number of nitrogens with zero attached hydrogens (tertiary/aromatic N) is 2. The third-order valence-electron chi connectivity index (χ3n) is 3.73. The van der Waals surface area contributed by atoms with Crippen LogP contribution in [0, 0.1) is 0 Å². The van der Waals surface area contributed by atoms with Crippen LogP contribution in [0.4, 0.5) is 0 Å². The van der Waals surface area contributed by atoms with Crippen LogP contribution in [-0.4, -0.2) is 16.9 Å². The molecule has 0 saturated heterocycles. The lowest BCUT2D eigenvalue weighted by molar-refractivity contribution is 0.416. The average Bonchev–Trinajstić information content (AvgIpc) is 2.85. The van der Waals surface area contributed by atoms with Gasteiger partial charge in [-0.25, -0.2) is 0 Å². The Hall–Kier alpha value is -1.81. The van der Waals surface area contributed by atoms with E-state index in [1.54, 1.807) is 7.11 Å². The topological polar surface area (TPSA) is 53.1 Å². The second-order valence-corrected chi connectivity index (χ2v) is 4.85. The number of para-hydroxylation sites is 1. The highest BCUT2D eigenvalue weighted by Crippen LogP contribution is 2.36. The largest absolute Gasteiger partial charge is 0.496 e. The van der Waals surface area contributed by atoms with Crippen LogP contribution in [0.25, 0.3) is 11.1 Å². The van der Waals surface area contributed by atoms with Gasteiger partial charge in [-0.3, -0.25) is 4.68 Å². The van der Waals surface area contributed by atoms with Crippen molar-refractivity contribution in [3.63, 3.8) is 0 Å². The summed E-state index contributed by atoms with van der Waals surface area (Å²) in [6.45, 7) is 1.46. The van der Waals surface area contributed by atoms with E-state index in [0.717, 1.165) is 30.0 Å². The summed E-state index contributed by atoms with van der Waals surface area (Å²) in [6.07, 6.45) is 3.49. The molecule has 1 aliphatic heterocycles. The summed E-state index contributed by atoms with van der Waals surface area (Å²) >= 11 is 0. The Bertz CT molecular complexity index is 589. The number of hydrogen-bond donors (Lipinski definition) is 1. The fourth-order valence-corrected chi connectivity index (χ4v) is 2.85. The molecule has 0 unspecified atom stereocenters. The van der Waals surface area contributed by atoms with E-state index in [4.69, 9.17) is 10.5 Å². The number of benzene rings is 1. The van der Waals surface area contributed by atoms with Crippen LogP contribution in [0.15, 0.2) is 24.3 Å². The van der Waals surface area contributed by atoms with E-state index in [-0.39, 0.29) is 0 Å². The van der Waals surface area contributed by atoms with Gasteiger partial charge in [0.1, 0.15) is 5.75 Å². The van der Waals surface area contributed by atoms with Crippen LogP contribution >= 0.6 is 0 Å². The number of ether oxygens (including phenoxy) is 1. The second-order valence-electron chi connectivity index (χ2n) is 4.85. The molecule has 1 aliphatic rings. The Morgan fingerprint density at radius 1 is 1.32 bits per heavy atom. The normalized spacial score (nSPS) is 14.2. The highest BCUT2D eigenvalue weighted by molar-refractivity contribution is 5.74. The van der Waals surface area contributed by atoms with Crippen LogP contribution in [0.3, 0.4) is 0 Å². The molecule has 0 atom stereocenters. The number of fused-ring (bicyclic) bond motifs is 1. The fourth-order valence-electron chi connectivity index (χ4n) is 2.85. The first-order valence-corrected chi connectivity index (χ1v) is 6.77. The third kappa shape index (κ3) is 2.02. The molecule has 2 N–H and O–H groups in total. The number of aromatic nitrogens is 2. The van der Waals surface area contributed by atoms with Gasteiger partial charge in [-0.05, 0) is 25.3 Å². The molecule has 0 radical (unpaired) electrons. The molecule has 2 heterocycles. The summed E-state index contributed by atoms with van der Waals surface area (Å²) in [5.41, 5.74) is 10.4. The van der Waals surface area contributed by atoms with Crippen molar-refractivity contribution in [3.05, 3.63) is 35.7 Å². The van der Waals surface area contributed by atoms with Crippen molar-refractivity contribution in [2.45, 2.75) is 32.4 Å². The van der Waals surface area contributed by atoms with Crippen LogP contribution < -0.4 is 10.5 Å². The molecule has 19 heavy (non-hydrogen) atoms. The minimum atomic E-state index is 0.466. The van der Waals surface area contributed by atoms with E-state index in [1.165, 1.54) is 24.1 Å². The molecule has 0 bridgehead atoms. The Kier molecular flexibility index (Phi) is 3.25. The van der Waals surface area contributed by atoms with E-state index in [2.05, 4.69) is 15.8 Å². The van der Waals surface area contributed by atoms with E-state index >= 15 is 0 Å². The zero-order valence-corrected chi connectivity index (χ0v) is 11.2. The molecular formula is C15H19N3O. The molecule has 4 heteroatoms. The highest BCUT2D eigenvalue weighted by Gasteiger charge is 2.22. The van der Waals surface area contributed by atoms with Crippen molar-refractivity contribution in [2.75, 3.05) is 7.11 Å². The lowest BCUT2D eigenvalue weighted by Gasteiger charge is -2.16. The Morgan fingerprint density at radius 2 is 2.16 bits per heavy atom. The quantitative estimate of drug-likeness (QED) is 0.918. The number of rotatable bonds is 3. The van der Waals surface area contributed by atoms with E-state index in [1.807, 2.05) is 18.2 Å². The predicted molar refractivity (Wildman–Crippen MR) is 75.0 cm³/mol. The maximum atomic E-state index is 5.87. The Labute approximate surface area is 113 Å². The van der Waals surface area contributed by atoms with Crippen molar-refractivity contribution < 1.29 is 4.74 Å². The number of aryl methyl sites for hydroxylation is 1. The maximum absolute atomic E-state index is 5.87. The van der Waals surface area contributed by atoms with E-state index in [9.17, 15) is 0 Å². The first-order valence-electron chi connectivity index (χ1n) is 6.77. The summed E-state index contributed by atoms with van der Waals surface area (Å²) in [5.74, 6) is 0.888. The molecular weight excluding hydrogens is 238 g/mol. The standard InChI is InChI=1S/C15H19N3O/c1-19-14-8-3-2-6-11(14)15-12(10-16)17-18-9-5-4-7-13(15)18/h2-3,6,8H,4-5,7,9-10,16H2,1H3. The van der Waals surface area contributed by atoms with E-state index in [0.29, 0.717) is 6.54 Å². The van der Waals surface area contributed by atoms with Gasteiger partial charge in [-0.15, -0.1) is 0 Å². The predicted octanol–water partition coefficient (Wildman–Crippen LogP) is 2.35. The van der Waals surface area contributed by atoms with Gasteiger partial charge in [-0.2, -0.15) is 5.10 Å². The van der Waals surface area contributed by atoms with Crippen LogP contribution in [0.2, 0.25) is 0 Å². The van der Waals surface area contributed by atoms with Crippen LogP contribution in [0.1, 0.15) is 24.2 Å². The lowest BCUT2D eigenvalue weighted by atomic mass is 9.97. The molecule has 100 valence electrons. The minimum Gasteiger partial charge on any atom is -0.496 e. The first-order chi connectivity index (χ1) is 9.35. The van der Waals surface area contributed by atoms with Gasteiger partial charge < -0.3 is 10.5 Å². The van der Waals surface area contributed by atoms with Gasteiger partial charge in [-0.1, -0.05) is 18.2 Å². The Morgan fingerprint density at radius 3 is 2.95 bits per heavy atom. The van der Waals surface area contributed by atoms with Gasteiger partial charge in [0.25, 0.3) is 0 Å². The summed E-state index contributed by atoms with van der Waals surface area (Å²) < 4.78 is 7.60. The van der Waals surface area contributed by atoms with Gasteiger partial charge in [0, 0.05) is 29.9 Å². The smallest absolute Gasteiger partial charge is 0.126 e. The number of methoxy groups -OCH3 is 1. The van der Waals surface area contributed by atoms with Crippen LogP contribution in [-0.2, 0) is 19.5 Å². The summed E-state index contributed by atoms with van der Waals surface area (Å²) in [5, 5.41) is 4.66. The zero-order valence-electron chi connectivity index (χ0n) is 11.2. The maximum Gasteiger partial charge on any atom is 0.126 e. The summed E-state index contributed by atoms with van der Waals surface area (Å²) in [4.78, 5) is 0. The molecule has 0 spiro atoms. The molecule has 1 aromatic heterocycles. The molecule has 0 amide bonds. The second kappa shape index (κ2) is 5.05. The monoisotopic (exact) mass is 257 g/mol. The van der Waals surface area contributed by atoms with Gasteiger partial charge in [0.15, 0.2) is 0 Å². The zero-order chi connectivity index (χ0) is 13.2. The van der Waals surface area contributed by atoms with Gasteiger partial charge in [0.05, 0.1) is 12.8 Å². The first kappa shape index (κ1) is 12.2. The SMILES string of the molecule is COc1ccccc1-c1c(CN)nn2c1CCCC2. The molecule has 0 saturated carbocycles. The summed E-state index contributed by atoms with van der Waals surface area (Å²) in [7, 11) is 1.71. The fraction of sp³-hybridized carbons (Fsp3) is 0.400. The molecule has 3 rings (SSSR count). The molecule has 4 nitrogen and oxygen atoms in total. The highest BCUT2D eigenvalue weighted by atomic mass is 16.5. The molecule has 0 aliphatic carbocycles. The molecule has 2 aromatic rings. The number of hydrogen-bond acceptors (Lipinski definition) is 3. The molecule has 1 aromatic carbocycles. The van der Waals surface area contributed by atoms with Crippen molar-refractivity contribution >= 4 is 0 Å². The van der Waals surface area contributed by atoms with Crippen molar-refractivity contribution in [1.29, 1.82) is 0 Å². The van der Waals surface area contributed by atoms with E-state index < -0.39 is 0 Å². The number of nitrogens with two attached hydrogens (primary N) is 1. The lowest BCUT2D eigenvalue weighted by Crippen LogP contribution is -2.11. The van der Waals surface area contributed by atoms with Crippen LogP contribution in [0.5, 0.6) is 5.75 Å². The van der Waals surface area contributed by atoms with Crippen molar-refractivity contribution in [2.24, 2.45) is 5.73 Å². The van der Waals surface area contributed by atoms with Gasteiger partial charge >= 0.3 is 0 Å².